The topological polar surface area (TPSA) is 26.3 Å². The maximum absolute atomic E-state index is 13.5. The van der Waals surface area contributed by atoms with Crippen LogP contribution in [0.4, 0.5) is 17.6 Å². The van der Waals surface area contributed by atoms with Gasteiger partial charge in [0.25, 0.3) is 6.43 Å². The van der Waals surface area contributed by atoms with Gasteiger partial charge in [-0.15, -0.1) is 0 Å². The van der Waals surface area contributed by atoms with Crippen LogP contribution in [-0.2, 0) is 15.5 Å². The maximum Gasteiger partial charge on any atom is 0.381 e. The Kier molecular flexibility index (Phi) is 4.09. The molecule has 0 heterocycles. The smallest absolute Gasteiger partial charge is 0.381 e. The van der Waals surface area contributed by atoms with Crippen LogP contribution in [0.25, 0.3) is 0 Å². The Morgan fingerprint density at radius 1 is 1.41 bits per heavy atom. The van der Waals surface area contributed by atoms with Crippen molar-refractivity contribution in [3.8, 4) is 0 Å². The first-order valence-electron chi connectivity index (χ1n) is 4.83. The van der Waals surface area contributed by atoms with Crippen LogP contribution < -0.4 is 0 Å². The van der Waals surface area contributed by atoms with E-state index in [9.17, 15) is 22.4 Å². The van der Waals surface area contributed by atoms with Gasteiger partial charge < -0.3 is 4.74 Å². The summed E-state index contributed by atoms with van der Waals surface area (Å²) in [6, 6.07) is 3.56. The summed E-state index contributed by atoms with van der Waals surface area (Å²) in [5.41, 5.74) is -1.36. The Balaban J connectivity index is 3.06. The molecule has 0 bridgehead atoms. The Morgan fingerprint density at radius 3 is 2.59 bits per heavy atom. The monoisotopic (exact) mass is 250 g/mol. The highest BCUT2D eigenvalue weighted by Crippen LogP contribution is 2.31. The number of esters is 1. The van der Waals surface area contributed by atoms with E-state index in [1.165, 1.54) is 6.92 Å². The van der Waals surface area contributed by atoms with Gasteiger partial charge in [-0.1, -0.05) is 18.2 Å². The third-order valence-electron chi connectivity index (χ3n) is 2.03. The minimum atomic E-state index is -3.92. The largest absolute Gasteiger partial charge is 0.461 e. The summed E-state index contributed by atoms with van der Waals surface area (Å²) in [7, 11) is 0. The second kappa shape index (κ2) is 5.16. The van der Waals surface area contributed by atoms with Crippen LogP contribution in [0.3, 0.4) is 0 Å². The van der Waals surface area contributed by atoms with E-state index < -0.39 is 29.4 Å². The molecule has 0 aromatic heterocycles. The molecule has 0 saturated carbocycles. The van der Waals surface area contributed by atoms with Crippen molar-refractivity contribution in [3.05, 3.63) is 35.4 Å². The molecule has 0 unspecified atom stereocenters. The third kappa shape index (κ3) is 2.95. The predicted octanol–water partition coefficient (Wildman–Crippen LogP) is 3.28. The van der Waals surface area contributed by atoms with Crippen molar-refractivity contribution >= 4 is 5.97 Å². The Morgan fingerprint density at radius 2 is 2.06 bits per heavy atom. The van der Waals surface area contributed by atoms with E-state index in [-0.39, 0.29) is 6.61 Å². The minimum Gasteiger partial charge on any atom is -0.461 e. The first-order valence-corrected chi connectivity index (χ1v) is 4.83. The van der Waals surface area contributed by atoms with E-state index in [1.807, 2.05) is 0 Å². The fraction of sp³-hybridized carbons (Fsp3) is 0.364. The fourth-order valence-electron chi connectivity index (χ4n) is 1.21. The molecule has 0 fully saturated rings. The maximum atomic E-state index is 13.5. The molecule has 17 heavy (non-hydrogen) atoms. The molecule has 0 aliphatic carbocycles. The van der Waals surface area contributed by atoms with Crippen molar-refractivity contribution in [1.82, 2.24) is 0 Å². The van der Waals surface area contributed by atoms with E-state index in [0.717, 1.165) is 18.2 Å². The lowest BCUT2D eigenvalue weighted by molar-refractivity contribution is -0.173. The number of carbonyl (C=O) groups excluding carboxylic acids is 1. The van der Waals surface area contributed by atoms with Gasteiger partial charge in [-0.05, 0) is 13.0 Å². The molecular formula is C11H10F4O2. The van der Waals surface area contributed by atoms with E-state index in [2.05, 4.69) is 4.74 Å². The molecule has 0 saturated heterocycles. The van der Waals surface area contributed by atoms with Gasteiger partial charge >= 0.3 is 11.9 Å². The van der Waals surface area contributed by atoms with Gasteiger partial charge in [-0.2, -0.15) is 8.78 Å². The summed E-state index contributed by atoms with van der Waals surface area (Å²) < 4.78 is 55.8. The van der Waals surface area contributed by atoms with E-state index in [4.69, 9.17) is 0 Å². The summed E-state index contributed by atoms with van der Waals surface area (Å²) in [5, 5.41) is 0. The molecular weight excluding hydrogens is 240 g/mol. The second-order valence-corrected chi connectivity index (χ2v) is 3.22. The van der Waals surface area contributed by atoms with Gasteiger partial charge in [0.15, 0.2) is 0 Å². The molecule has 6 heteroatoms. The molecule has 0 amide bonds. The number of halogens is 4. The van der Waals surface area contributed by atoms with E-state index in [1.54, 1.807) is 0 Å². The predicted molar refractivity (Wildman–Crippen MR) is 51.9 cm³/mol. The standard InChI is InChI=1S/C11H10F4O2/c1-2-17-10(16)11(14,15)8-5-3-4-7(6-8)9(12)13/h3-6,9H,2H2,1H3. The molecule has 1 aromatic carbocycles. The number of hydrogen-bond donors (Lipinski definition) is 0. The quantitative estimate of drug-likeness (QED) is 0.605. The molecule has 0 spiro atoms. The van der Waals surface area contributed by atoms with Gasteiger partial charge in [0, 0.05) is 11.1 Å². The fourth-order valence-corrected chi connectivity index (χ4v) is 1.21. The zero-order chi connectivity index (χ0) is 13.1. The lowest BCUT2D eigenvalue weighted by Gasteiger charge is -2.15. The lowest BCUT2D eigenvalue weighted by Crippen LogP contribution is -2.28. The van der Waals surface area contributed by atoms with Gasteiger partial charge in [-0.25, -0.2) is 13.6 Å². The molecule has 0 atom stereocenters. The molecule has 0 N–H and O–H groups in total. The van der Waals surface area contributed by atoms with Crippen LogP contribution in [0, 0.1) is 0 Å². The van der Waals surface area contributed by atoms with E-state index in [0.29, 0.717) is 6.07 Å². The molecule has 1 aromatic rings. The molecule has 94 valence electrons. The van der Waals surface area contributed by atoms with Crippen LogP contribution in [0.5, 0.6) is 0 Å². The zero-order valence-electron chi connectivity index (χ0n) is 8.92. The highest BCUT2D eigenvalue weighted by molar-refractivity contribution is 5.79. The van der Waals surface area contributed by atoms with Crippen molar-refractivity contribution in [1.29, 1.82) is 0 Å². The van der Waals surface area contributed by atoms with Crippen LogP contribution >= 0.6 is 0 Å². The first kappa shape index (κ1) is 13.5. The van der Waals surface area contributed by atoms with Gasteiger partial charge in [-0.3, -0.25) is 0 Å². The highest BCUT2D eigenvalue weighted by atomic mass is 19.3. The minimum absolute atomic E-state index is 0.205. The summed E-state index contributed by atoms with van der Waals surface area (Å²) in [6.45, 7) is 1.17. The van der Waals surface area contributed by atoms with Crippen molar-refractivity contribution < 1.29 is 27.1 Å². The van der Waals surface area contributed by atoms with Crippen LogP contribution in [-0.4, -0.2) is 12.6 Å². The molecule has 1 rings (SSSR count). The highest BCUT2D eigenvalue weighted by Gasteiger charge is 2.42. The summed E-state index contributed by atoms with van der Waals surface area (Å²) >= 11 is 0. The van der Waals surface area contributed by atoms with Gasteiger partial charge in [0.05, 0.1) is 6.61 Å². The number of hydrogen-bond acceptors (Lipinski definition) is 2. The molecule has 0 aliphatic rings. The SMILES string of the molecule is CCOC(=O)C(F)(F)c1cccc(C(F)F)c1. The number of rotatable bonds is 4. The molecule has 2 nitrogen and oxygen atoms in total. The van der Waals surface area contributed by atoms with Crippen molar-refractivity contribution in [2.75, 3.05) is 6.61 Å². The molecule has 0 radical (unpaired) electrons. The Labute approximate surface area is 95.2 Å². The van der Waals surface area contributed by atoms with Crippen LogP contribution in [0.15, 0.2) is 24.3 Å². The third-order valence-corrected chi connectivity index (χ3v) is 2.03. The Bertz CT molecular complexity index is 404. The molecule has 0 aliphatic heterocycles. The summed E-state index contributed by atoms with van der Waals surface area (Å²) in [5.74, 6) is -5.66. The van der Waals surface area contributed by atoms with Crippen molar-refractivity contribution in [2.45, 2.75) is 19.3 Å². The normalized spacial score (nSPS) is 11.6. The number of carbonyl (C=O) groups is 1. The average molecular weight is 250 g/mol. The Hall–Kier alpha value is -1.59. The number of benzene rings is 1. The average Bonchev–Trinajstić information content (AvgIpc) is 2.29. The zero-order valence-corrected chi connectivity index (χ0v) is 8.92. The van der Waals surface area contributed by atoms with Crippen molar-refractivity contribution in [3.63, 3.8) is 0 Å². The number of alkyl halides is 4. The second-order valence-electron chi connectivity index (χ2n) is 3.22. The summed E-state index contributed by atoms with van der Waals surface area (Å²) in [4.78, 5) is 11.0. The van der Waals surface area contributed by atoms with Crippen LogP contribution in [0.1, 0.15) is 24.5 Å². The number of ether oxygens (including phenoxy) is 1. The van der Waals surface area contributed by atoms with Gasteiger partial charge in [0.1, 0.15) is 0 Å². The lowest BCUT2D eigenvalue weighted by atomic mass is 10.1. The first-order chi connectivity index (χ1) is 7.89. The van der Waals surface area contributed by atoms with Crippen molar-refractivity contribution in [2.24, 2.45) is 0 Å². The van der Waals surface area contributed by atoms with Gasteiger partial charge in [0.2, 0.25) is 0 Å². The van der Waals surface area contributed by atoms with Crippen LogP contribution in [0.2, 0.25) is 0 Å². The summed E-state index contributed by atoms with van der Waals surface area (Å²) in [6.07, 6.45) is -2.87. The van der Waals surface area contributed by atoms with E-state index >= 15 is 0 Å².